The normalized spacial score (nSPS) is 38.7. The van der Waals surface area contributed by atoms with Crippen LogP contribution in [0.2, 0.25) is 0 Å². The van der Waals surface area contributed by atoms with Crippen LogP contribution >= 0.6 is 0 Å². The van der Waals surface area contributed by atoms with Crippen LogP contribution in [0.1, 0.15) is 37.7 Å². The Hall–Kier alpha value is -0.900. The number of quaternary nitrogens is 1. The molecule has 3 heteroatoms. The summed E-state index contributed by atoms with van der Waals surface area (Å²) in [5.74, 6) is 0.653. The molecule has 0 aliphatic carbocycles. The molecule has 2 bridgehead atoms. The second-order valence-corrected chi connectivity index (χ2v) is 8.02. The Morgan fingerprint density at radius 1 is 1.17 bits per heavy atom. The van der Waals surface area contributed by atoms with E-state index in [0.717, 1.165) is 19.1 Å². The van der Waals surface area contributed by atoms with Gasteiger partial charge in [-0.05, 0) is 24.8 Å². The van der Waals surface area contributed by atoms with Gasteiger partial charge in [-0.2, -0.15) is 0 Å². The molecule has 3 aliphatic heterocycles. The van der Waals surface area contributed by atoms with E-state index in [4.69, 9.17) is 4.74 Å². The topological polar surface area (TPSA) is 29.5 Å². The summed E-state index contributed by atoms with van der Waals surface area (Å²) < 4.78 is 7.26. The molecule has 1 N–H and O–H groups in total. The van der Waals surface area contributed by atoms with Gasteiger partial charge in [-0.15, -0.1) is 0 Å². The van der Waals surface area contributed by atoms with E-state index in [2.05, 4.69) is 24.3 Å². The van der Waals surface area contributed by atoms with E-state index >= 15 is 0 Å². The highest BCUT2D eigenvalue weighted by molar-refractivity contribution is 5.13. The average Bonchev–Trinajstić information content (AvgIpc) is 3.08. The van der Waals surface area contributed by atoms with Crippen molar-refractivity contribution < 1.29 is 14.3 Å². The molecule has 0 aromatic heterocycles. The Bertz CT molecular complexity index is 534. The molecule has 23 heavy (non-hydrogen) atoms. The first kappa shape index (κ1) is 15.6. The largest absolute Gasteiger partial charge is 0.396 e. The number of aliphatic hydroxyl groups excluding tert-OH is 1. The van der Waals surface area contributed by atoms with Crippen molar-refractivity contribution in [3.05, 3.63) is 35.9 Å². The van der Waals surface area contributed by atoms with Gasteiger partial charge in [0.05, 0.1) is 44.3 Å². The molecule has 0 saturated carbocycles. The predicted octanol–water partition coefficient (Wildman–Crippen LogP) is 2.97. The van der Waals surface area contributed by atoms with Gasteiger partial charge in [0.2, 0.25) is 0 Å². The van der Waals surface area contributed by atoms with E-state index in [1.165, 1.54) is 55.4 Å². The lowest BCUT2D eigenvalue weighted by Gasteiger charge is -2.41. The second-order valence-electron chi connectivity index (χ2n) is 8.02. The van der Waals surface area contributed by atoms with Gasteiger partial charge >= 0.3 is 0 Å². The van der Waals surface area contributed by atoms with Crippen LogP contribution in [0.3, 0.4) is 0 Å². The summed E-state index contributed by atoms with van der Waals surface area (Å²) in [7, 11) is 0. The molecular weight excluding hydrogens is 286 g/mol. The first-order valence-corrected chi connectivity index (χ1v) is 9.37. The molecule has 3 heterocycles. The minimum atomic E-state index is 0.205. The molecular formula is C20H30NO2+. The third-order valence-corrected chi connectivity index (χ3v) is 7.09. The number of rotatable bonds is 6. The lowest BCUT2D eigenvalue weighted by Crippen LogP contribution is -2.53. The zero-order chi connectivity index (χ0) is 15.8. The first-order valence-electron chi connectivity index (χ1n) is 9.37. The molecule has 1 aromatic carbocycles. The zero-order valence-electron chi connectivity index (χ0n) is 14.1. The van der Waals surface area contributed by atoms with Gasteiger partial charge in [0.25, 0.3) is 0 Å². The number of benzene rings is 1. The van der Waals surface area contributed by atoms with Gasteiger partial charge in [0, 0.05) is 25.4 Å². The summed E-state index contributed by atoms with van der Waals surface area (Å²) in [6.45, 7) is 5.89. The lowest BCUT2D eigenvalue weighted by atomic mass is 9.70. The second kappa shape index (κ2) is 6.19. The van der Waals surface area contributed by atoms with E-state index in [1.54, 1.807) is 0 Å². The molecule has 4 atom stereocenters. The van der Waals surface area contributed by atoms with Gasteiger partial charge in [-0.1, -0.05) is 30.3 Å². The Balaban J connectivity index is 1.36. The van der Waals surface area contributed by atoms with E-state index in [1.807, 2.05) is 6.07 Å². The average molecular weight is 316 g/mol. The van der Waals surface area contributed by atoms with E-state index in [0.29, 0.717) is 19.1 Å². The fraction of sp³-hybridized carbons (Fsp3) is 0.700. The maximum Gasteiger partial charge on any atom is 0.0976 e. The highest BCUT2D eigenvalue weighted by Gasteiger charge is 2.67. The van der Waals surface area contributed by atoms with Crippen molar-refractivity contribution in [1.82, 2.24) is 0 Å². The molecule has 0 spiro atoms. The summed E-state index contributed by atoms with van der Waals surface area (Å²) in [6, 6.07) is 11.2. The maximum atomic E-state index is 10.2. The van der Waals surface area contributed by atoms with Crippen LogP contribution in [-0.4, -0.2) is 48.5 Å². The summed E-state index contributed by atoms with van der Waals surface area (Å²) in [5, 5.41) is 10.2. The van der Waals surface area contributed by atoms with Crippen molar-refractivity contribution >= 4 is 0 Å². The quantitative estimate of drug-likeness (QED) is 0.646. The Kier molecular flexibility index (Phi) is 4.21. The van der Waals surface area contributed by atoms with Crippen LogP contribution in [-0.2, 0) is 11.3 Å². The van der Waals surface area contributed by atoms with Crippen LogP contribution in [0, 0.1) is 11.3 Å². The monoisotopic (exact) mass is 316 g/mol. The van der Waals surface area contributed by atoms with Crippen molar-refractivity contribution in [2.24, 2.45) is 11.3 Å². The van der Waals surface area contributed by atoms with Crippen LogP contribution < -0.4 is 0 Å². The van der Waals surface area contributed by atoms with Crippen LogP contribution in [0.15, 0.2) is 30.3 Å². The van der Waals surface area contributed by atoms with E-state index < -0.39 is 0 Å². The van der Waals surface area contributed by atoms with Gasteiger partial charge in [-0.25, -0.2) is 0 Å². The third kappa shape index (κ3) is 2.54. The first-order chi connectivity index (χ1) is 11.3. The minimum absolute atomic E-state index is 0.205. The molecule has 3 nitrogen and oxygen atoms in total. The van der Waals surface area contributed by atoms with Gasteiger partial charge < -0.3 is 14.3 Å². The van der Waals surface area contributed by atoms with Crippen LogP contribution in [0.4, 0.5) is 0 Å². The highest BCUT2D eigenvalue weighted by Crippen LogP contribution is 2.58. The number of ether oxygens (including phenoxy) is 1. The fourth-order valence-electron chi connectivity index (χ4n) is 5.98. The summed E-state index contributed by atoms with van der Waals surface area (Å²) in [6.07, 6.45) is 6.43. The van der Waals surface area contributed by atoms with Crippen molar-refractivity contribution in [3.63, 3.8) is 0 Å². The molecule has 2 unspecified atom stereocenters. The van der Waals surface area contributed by atoms with Crippen molar-refractivity contribution in [1.29, 1.82) is 0 Å². The number of aliphatic hydroxyl groups is 1. The van der Waals surface area contributed by atoms with Crippen LogP contribution in [0.25, 0.3) is 0 Å². The molecule has 3 aliphatic rings. The smallest absolute Gasteiger partial charge is 0.0976 e. The Morgan fingerprint density at radius 3 is 2.87 bits per heavy atom. The molecule has 126 valence electrons. The highest BCUT2D eigenvalue weighted by atomic mass is 16.5. The SMILES string of the molecule is OC[C@@]12CC[N+]3(CCCCC13)C[C@H]2CCOCc1ccccc1. The van der Waals surface area contributed by atoms with E-state index in [-0.39, 0.29) is 5.41 Å². The standard InChI is InChI=1S/C20H30NO2/c22-16-20-10-12-21(11-5-4-8-19(20)21)14-18(20)9-13-23-15-17-6-2-1-3-7-17/h1-3,6-7,18-19,22H,4-5,8-16H2/q+1/t18-,19?,20-,21?/m1/s1. The minimum Gasteiger partial charge on any atom is -0.396 e. The summed E-state index contributed by atoms with van der Waals surface area (Å²) in [4.78, 5) is 0. The van der Waals surface area contributed by atoms with E-state index in [9.17, 15) is 5.11 Å². The van der Waals surface area contributed by atoms with Gasteiger partial charge in [-0.3, -0.25) is 0 Å². The zero-order valence-corrected chi connectivity index (χ0v) is 14.1. The Morgan fingerprint density at radius 2 is 2.04 bits per heavy atom. The molecule has 1 aromatic rings. The fourth-order valence-corrected chi connectivity index (χ4v) is 5.98. The van der Waals surface area contributed by atoms with Crippen molar-refractivity contribution in [3.8, 4) is 0 Å². The lowest BCUT2D eigenvalue weighted by molar-refractivity contribution is -0.937. The third-order valence-electron chi connectivity index (χ3n) is 7.09. The summed E-state index contributed by atoms with van der Waals surface area (Å²) >= 11 is 0. The summed E-state index contributed by atoms with van der Waals surface area (Å²) in [5.41, 5.74) is 1.46. The number of piperidine rings is 2. The number of hydrogen-bond donors (Lipinski definition) is 1. The van der Waals surface area contributed by atoms with Gasteiger partial charge in [0.1, 0.15) is 0 Å². The van der Waals surface area contributed by atoms with Crippen LogP contribution in [0.5, 0.6) is 0 Å². The Labute approximate surface area is 139 Å². The maximum absolute atomic E-state index is 10.2. The molecule has 0 amide bonds. The molecule has 3 saturated heterocycles. The number of hydrogen-bond acceptors (Lipinski definition) is 2. The molecule has 4 rings (SSSR count). The van der Waals surface area contributed by atoms with Crippen molar-refractivity contribution in [2.75, 3.05) is 32.8 Å². The molecule has 3 fully saturated rings. The van der Waals surface area contributed by atoms with Crippen molar-refractivity contribution in [2.45, 2.75) is 44.8 Å². The number of nitrogens with zero attached hydrogens (tertiary/aromatic N) is 1. The van der Waals surface area contributed by atoms with Gasteiger partial charge in [0.15, 0.2) is 0 Å². The predicted molar refractivity (Wildman–Crippen MR) is 90.8 cm³/mol. The molecule has 0 radical (unpaired) electrons.